The molecule has 0 aliphatic carbocycles. The third-order valence-corrected chi connectivity index (χ3v) is 8.69. The summed E-state index contributed by atoms with van der Waals surface area (Å²) in [5.74, 6) is 0. The second-order valence-electron chi connectivity index (χ2n) is 11.0. The number of fused-ring (bicyclic) bond motifs is 5. The third kappa shape index (κ3) is 3.78. The van der Waals surface area contributed by atoms with Crippen LogP contribution in [0.5, 0.6) is 0 Å². The molecule has 0 atom stereocenters. The Bertz CT molecular complexity index is 2920. The molecule has 9 aromatic carbocycles. The van der Waals surface area contributed by atoms with Crippen LogP contribution in [0.2, 0.25) is 0 Å². The number of hydrogen-bond acceptors (Lipinski definition) is 0. The van der Waals surface area contributed by atoms with Crippen molar-refractivity contribution in [2.45, 2.75) is 0 Å². The van der Waals surface area contributed by atoms with Crippen LogP contribution in [0.15, 0.2) is 170 Å². The van der Waals surface area contributed by atoms with E-state index in [0.29, 0.717) is 22.3 Å². The van der Waals surface area contributed by atoms with Gasteiger partial charge in [-0.3, -0.25) is 0 Å². The molecule has 0 aliphatic rings. The molecule has 0 amide bonds. The van der Waals surface area contributed by atoms with Crippen LogP contribution >= 0.6 is 0 Å². The van der Waals surface area contributed by atoms with Crippen molar-refractivity contribution in [3.63, 3.8) is 0 Å². The Kier molecular flexibility index (Phi) is 4.08. The second-order valence-corrected chi connectivity index (χ2v) is 11.0. The third-order valence-electron chi connectivity index (χ3n) is 8.69. The van der Waals surface area contributed by atoms with Gasteiger partial charge in [-0.2, -0.15) is 0 Å². The van der Waals surface area contributed by atoms with Gasteiger partial charge < -0.3 is 0 Å². The molecule has 9 rings (SSSR count). The largest absolute Gasteiger partial charge is 0.0629 e. The summed E-state index contributed by atoms with van der Waals surface area (Å²) in [6.45, 7) is 0. The Hall–Kier alpha value is -5.72. The summed E-state index contributed by atoms with van der Waals surface area (Å²) in [6, 6.07) is 36.8. The molecular formula is C44H28. The van der Waals surface area contributed by atoms with Gasteiger partial charge in [0.15, 0.2) is 0 Å². The smallest absolute Gasteiger partial charge is 0.0616 e. The number of rotatable bonds is 3. The van der Waals surface area contributed by atoms with E-state index in [1.165, 1.54) is 0 Å². The van der Waals surface area contributed by atoms with Gasteiger partial charge in [0, 0.05) is 0 Å². The van der Waals surface area contributed by atoms with Crippen molar-refractivity contribution < 1.29 is 11.0 Å². The molecule has 0 radical (unpaired) electrons. The Morgan fingerprint density at radius 2 is 0.773 bits per heavy atom. The van der Waals surface area contributed by atoms with Gasteiger partial charge in [0.2, 0.25) is 0 Å². The summed E-state index contributed by atoms with van der Waals surface area (Å²) < 4.78 is 72.9. The van der Waals surface area contributed by atoms with Crippen LogP contribution in [-0.4, -0.2) is 0 Å². The lowest BCUT2D eigenvalue weighted by Gasteiger charge is -2.20. The molecule has 0 spiro atoms. The lowest BCUT2D eigenvalue weighted by atomic mass is 9.83. The fourth-order valence-electron chi connectivity index (χ4n) is 6.74. The lowest BCUT2D eigenvalue weighted by Crippen LogP contribution is -1.92. The Balaban J connectivity index is 1.51. The maximum atomic E-state index is 9.41. The minimum atomic E-state index is -0.417. The zero-order valence-corrected chi connectivity index (χ0v) is 23.5. The number of benzene rings is 9. The van der Waals surface area contributed by atoms with Gasteiger partial charge >= 0.3 is 0 Å². The molecule has 0 N–H and O–H groups in total. The Labute approximate surface area is 267 Å². The molecule has 9 aromatic rings. The first-order valence-electron chi connectivity index (χ1n) is 18.6. The van der Waals surface area contributed by atoms with Crippen LogP contribution in [-0.2, 0) is 0 Å². The van der Waals surface area contributed by atoms with E-state index < -0.39 is 24.2 Å². The maximum Gasteiger partial charge on any atom is 0.0629 e. The highest BCUT2D eigenvalue weighted by molar-refractivity contribution is 6.25. The van der Waals surface area contributed by atoms with Gasteiger partial charge in [0.25, 0.3) is 0 Å². The standard InChI is InChI=1S/C44H28/c1-2-14-31-28-32(27-26-29(31)12-1)34-21-10-23-36-35(34)22-11-25-38(36)44-41-19-7-5-17-39(41)43(40-18-6-8-20-42(40)44)37-24-9-15-30-13-3-4-16-33(30)37/h1-28H/i5D,6D,7D,8D,17D,18D,19D,20D. The highest BCUT2D eigenvalue weighted by Crippen LogP contribution is 2.47. The van der Waals surface area contributed by atoms with Gasteiger partial charge in [0.1, 0.15) is 0 Å². The van der Waals surface area contributed by atoms with Crippen LogP contribution in [0.1, 0.15) is 11.0 Å². The van der Waals surface area contributed by atoms with E-state index in [2.05, 4.69) is 30.3 Å². The average Bonchev–Trinajstić information content (AvgIpc) is 3.18. The van der Waals surface area contributed by atoms with Gasteiger partial charge in [-0.1, -0.05) is 164 Å². The first-order valence-corrected chi connectivity index (χ1v) is 14.6. The molecule has 0 heterocycles. The van der Waals surface area contributed by atoms with Crippen LogP contribution in [0.3, 0.4) is 0 Å². The highest BCUT2D eigenvalue weighted by Gasteiger charge is 2.19. The van der Waals surface area contributed by atoms with E-state index in [9.17, 15) is 5.48 Å². The molecule has 0 aromatic heterocycles. The molecule has 0 nitrogen and oxygen atoms in total. The Morgan fingerprint density at radius 3 is 1.43 bits per heavy atom. The lowest BCUT2D eigenvalue weighted by molar-refractivity contribution is 1.66. The molecule has 204 valence electrons. The molecule has 0 aliphatic heterocycles. The molecule has 44 heavy (non-hydrogen) atoms. The van der Waals surface area contributed by atoms with E-state index >= 15 is 0 Å². The van der Waals surface area contributed by atoms with Crippen LogP contribution in [0, 0.1) is 0 Å². The highest BCUT2D eigenvalue weighted by atomic mass is 14.2. The molecule has 0 saturated heterocycles. The summed E-state index contributed by atoms with van der Waals surface area (Å²) in [5, 5.41) is 6.42. The van der Waals surface area contributed by atoms with E-state index in [1.54, 1.807) is 0 Å². The zero-order chi connectivity index (χ0) is 36.0. The maximum absolute atomic E-state index is 9.41. The molecule has 0 unspecified atom stereocenters. The zero-order valence-electron chi connectivity index (χ0n) is 31.5. The fraction of sp³-hybridized carbons (Fsp3) is 0. The topological polar surface area (TPSA) is 0 Å². The van der Waals surface area contributed by atoms with E-state index in [4.69, 9.17) is 5.48 Å². The molecule has 0 bridgehead atoms. The van der Waals surface area contributed by atoms with Gasteiger partial charge in [-0.25, -0.2) is 0 Å². The monoisotopic (exact) mass is 564 g/mol. The first kappa shape index (κ1) is 18.1. The minimum Gasteiger partial charge on any atom is -0.0616 e. The van der Waals surface area contributed by atoms with E-state index in [0.717, 1.165) is 43.4 Å². The SMILES string of the molecule is [2H]c1c([2H])c([2H])c2c(-c3cccc4c(-c5ccc6ccccc6c5)cccc34)c3c([2H])c([2H])c([2H])c([2H])c3c(-c3cccc4ccccc34)c2c1[2H]. The van der Waals surface area contributed by atoms with Crippen molar-refractivity contribution >= 4 is 53.9 Å². The van der Waals surface area contributed by atoms with Crippen molar-refractivity contribution in [3.8, 4) is 33.4 Å². The van der Waals surface area contributed by atoms with Crippen molar-refractivity contribution in [1.29, 1.82) is 0 Å². The Morgan fingerprint density at radius 1 is 0.318 bits per heavy atom. The van der Waals surface area contributed by atoms with E-state index in [-0.39, 0.29) is 45.7 Å². The summed E-state index contributed by atoms with van der Waals surface area (Å²) in [7, 11) is 0. The summed E-state index contributed by atoms with van der Waals surface area (Å²) in [5.41, 5.74) is 3.89. The molecule has 0 saturated carbocycles. The van der Waals surface area contributed by atoms with Crippen molar-refractivity contribution in [2.75, 3.05) is 0 Å². The van der Waals surface area contributed by atoms with E-state index in [1.807, 2.05) is 91.0 Å². The first-order chi connectivity index (χ1) is 25.2. The van der Waals surface area contributed by atoms with Crippen LogP contribution in [0.25, 0.3) is 87.2 Å². The normalized spacial score (nSPS) is 14.2. The number of hydrogen-bond donors (Lipinski definition) is 0. The molecule has 0 heteroatoms. The second kappa shape index (κ2) is 9.93. The quantitative estimate of drug-likeness (QED) is 0.187. The van der Waals surface area contributed by atoms with Crippen molar-refractivity contribution in [1.82, 2.24) is 0 Å². The predicted molar refractivity (Wildman–Crippen MR) is 190 cm³/mol. The van der Waals surface area contributed by atoms with Gasteiger partial charge in [-0.15, -0.1) is 0 Å². The van der Waals surface area contributed by atoms with Crippen LogP contribution in [0.4, 0.5) is 0 Å². The fourth-order valence-corrected chi connectivity index (χ4v) is 6.74. The molecular weight excluding hydrogens is 528 g/mol. The van der Waals surface area contributed by atoms with Crippen LogP contribution < -0.4 is 0 Å². The predicted octanol–water partition coefficient (Wildman–Crippen LogP) is 12.5. The minimum absolute atomic E-state index is 0.204. The van der Waals surface area contributed by atoms with Crippen molar-refractivity contribution in [3.05, 3.63) is 170 Å². The van der Waals surface area contributed by atoms with Crippen molar-refractivity contribution in [2.24, 2.45) is 0 Å². The summed E-state index contributed by atoms with van der Waals surface area (Å²) in [6.07, 6.45) is 0. The summed E-state index contributed by atoms with van der Waals surface area (Å²) in [4.78, 5) is 0. The molecule has 0 fully saturated rings. The average molecular weight is 565 g/mol. The van der Waals surface area contributed by atoms with Gasteiger partial charge in [-0.05, 0) is 93.3 Å². The summed E-state index contributed by atoms with van der Waals surface area (Å²) >= 11 is 0. The van der Waals surface area contributed by atoms with Gasteiger partial charge in [0.05, 0.1) is 11.0 Å².